The maximum absolute atomic E-state index is 11.9. The number of rotatable bonds is 2. The van der Waals surface area contributed by atoms with Crippen molar-refractivity contribution in [3.8, 4) is 0 Å². The molecule has 16 heavy (non-hydrogen) atoms. The van der Waals surface area contributed by atoms with Crippen molar-refractivity contribution < 1.29 is 4.79 Å². The lowest BCUT2D eigenvalue weighted by Crippen LogP contribution is -2.12. The van der Waals surface area contributed by atoms with Crippen LogP contribution in [0.1, 0.15) is 15.4 Å². The minimum atomic E-state index is -0.0934. The summed E-state index contributed by atoms with van der Waals surface area (Å²) in [7, 11) is 0. The quantitative estimate of drug-likeness (QED) is 0.850. The van der Waals surface area contributed by atoms with Crippen molar-refractivity contribution >= 4 is 45.5 Å². The highest BCUT2D eigenvalue weighted by Crippen LogP contribution is 2.19. The molecule has 1 aromatic heterocycles. The largest absolute Gasteiger partial charge is 0.320 e. The number of amides is 1. The Morgan fingerprint density at radius 2 is 2.19 bits per heavy atom. The van der Waals surface area contributed by atoms with E-state index in [0.717, 1.165) is 15.0 Å². The number of benzene rings is 1. The van der Waals surface area contributed by atoms with Crippen LogP contribution in [-0.2, 0) is 0 Å². The number of carbonyl (C=O) groups is 1. The Kier molecular flexibility index (Phi) is 3.55. The monoisotopic (exact) mass is 344 g/mol. The smallest absolute Gasteiger partial charge is 0.267 e. The van der Waals surface area contributed by atoms with Crippen molar-refractivity contribution in [2.75, 3.05) is 5.32 Å². The van der Waals surface area contributed by atoms with Crippen molar-refractivity contribution in [2.24, 2.45) is 0 Å². The Balaban J connectivity index is 2.21. The maximum Gasteiger partial charge on any atom is 0.267 e. The van der Waals surface area contributed by atoms with E-state index in [2.05, 4.69) is 32.9 Å². The standard InChI is InChI=1S/C11H9IN2OS/c1-7-10(16-6-13-7)11(15)14-9-5-3-2-4-8(9)12/h2-6H,1H3,(H,14,15). The number of thiazole rings is 1. The number of aromatic nitrogens is 1. The molecule has 2 rings (SSSR count). The van der Waals surface area contributed by atoms with Gasteiger partial charge in [0.15, 0.2) is 0 Å². The second-order valence-corrected chi connectivity index (χ2v) is 5.22. The van der Waals surface area contributed by atoms with Gasteiger partial charge < -0.3 is 5.32 Å². The molecule has 0 aliphatic heterocycles. The molecule has 3 nitrogen and oxygen atoms in total. The van der Waals surface area contributed by atoms with E-state index in [9.17, 15) is 4.79 Å². The summed E-state index contributed by atoms with van der Waals surface area (Å²) in [6.45, 7) is 1.83. The number of para-hydroxylation sites is 1. The van der Waals surface area contributed by atoms with Gasteiger partial charge in [0.05, 0.1) is 16.9 Å². The molecule has 0 radical (unpaired) electrons. The van der Waals surface area contributed by atoms with Gasteiger partial charge in [0.1, 0.15) is 4.88 Å². The first kappa shape index (κ1) is 11.5. The maximum atomic E-state index is 11.9. The van der Waals surface area contributed by atoms with Gasteiger partial charge in [-0.2, -0.15) is 0 Å². The Hall–Kier alpha value is -0.950. The van der Waals surface area contributed by atoms with Crippen LogP contribution in [0.2, 0.25) is 0 Å². The summed E-state index contributed by atoms with van der Waals surface area (Å²) < 4.78 is 1.02. The molecular formula is C11H9IN2OS. The average molecular weight is 344 g/mol. The molecule has 2 aromatic rings. The van der Waals surface area contributed by atoms with Crippen molar-refractivity contribution in [1.29, 1.82) is 0 Å². The van der Waals surface area contributed by atoms with Gasteiger partial charge in [0.25, 0.3) is 5.91 Å². The first-order valence-corrected chi connectivity index (χ1v) is 6.60. The predicted octanol–water partition coefficient (Wildman–Crippen LogP) is 3.31. The molecule has 0 saturated carbocycles. The van der Waals surface area contributed by atoms with Crippen LogP contribution < -0.4 is 5.32 Å². The number of nitrogens with zero attached hydrogens (tertiary/aromatic N) is 1. The zero-order chi connectivity index (χ0) is 11.5. The van der Waals surface area contributed by atoms with Crippen LogP contribution in [-0.4, -0.2) is 10.9 Å². The molecule has 0 spiro atoms. The van der Waals surface area contributed by atoms with Gasteiger partial charge in [0.2, 0.25) is 0 Å². The lowest BCUT2D eigenvalue weighted by molar-refractivity contribution is 0.102. The number of hydrogen-bond donors (Lipinski definition) is 1. The topological polar surface area (TPSA) is 42.0 Å². The van der Waals surface area contributed by atoms with Gasteiger partial charge in [0, 0.05) is 3.57 Å². The van der Waals surface area contributed by atoms with Gasteiger partial charge >= 0.3 is 0 Å². The Morgan fingerprint density at radius 1 is 1.44 bits per heavy atom. The Labute approximate surface area is 111 Å². The van der Waals surface area contributed by atoms with E-state index < -0.39 is 0 Å². The summed E-state index contributed by atoms with van der Waals surface area (Å²) in [5.41, 5.74) is 3.29. The fourth-order valence-electron chi connectivity index (χ4n) is 1.26. The summed E-state index contributed by atoms with van der Waals surface area (Å²) in [4.78, 5) is 16.6. The molecule has 1 aromatic carbocycles. The van der Waals surface area contributed by atoms with Crippen LogP contribution in [0.25, 0.3) is 0 Å². The molecule has 5 heteroatoms. The zero-order valence-electron chi connectivity index (χ0n) is 8.53. The molecule has 0 unspecified atom stereocenters. The van der Waals surface area contributed by atoms with Crippen LogP contribution in [0.3, 0.4) is 0 Å². The zero-order valence-corrected chi connectivity index (χ0v) is 11.5. The number of nitrogens with one attached hydrogen (secondary N) is 1. The van der Waals surface area contributed by atoms with E-state index in [1.54, 1.807) is 5.51 Å². The number of hydrogen-bond acceptors (Lipinski definition) is 3. The van der Waals surface area contributed by atoms with Crippen LogP contribution in [0.5, 0.6) is 0 Å². The highest BCUT2D eigenvalue weighted by atomic mass is 127. The van der Waals surface area contributed by atoms with Crippen LogP contribution in [0, 0.1) is 10.5 Å². The second-order valence-electron chi connectivity index (χ2n) is 3.20. The van der Waals surface area contributed by atoms with Gasteiger partial charge in [-0.05, 0) is 41.6 Å². The van der Waals surface area contributed by atoms with Crippen LogP contribution in [0.15, 0.2) is 29.8 Å². The van der Waals surface area contributed by atoms with Crippen molar-refractivity contribution in [2.45, 2.75) is 6.92 Å². The number of aryl methyl sites for hydroxylation is 1. The number of anilines is 1. The summed E-state index contributed by atoms with van der Waals surface area (Å²) in [6, 6.07) is 7.68. The van der Waals surface area contributed by atoms with E-state index in [1.165, 1.54) is 11.3 Å². The van der Waals surface area contributed by atoms with Crippen molar-refractivity contribution in [3.05, 3.63) is 43.9 Å². The molecule has 1 heterocycles. The van der Waals surface area contributed by atoms with Crippen molar-refractivity contribution in [1.82, 2.24) is 4.98 Å². The lowest BCUT2D eigenvalue weighted by atomic mass is 10.3. The molecule has 1 N–H and O–H groups in total. The highest BCUT2D eigenvalue weighted by molar-refractivity contribution is 14.1. The second kappa shape index (κ2) is 4.92. The van der Waals surface area contributed by atoms with Gasteiger partial charge in [-0.25, -0.2) is 4.98 Å². The van der Waals surface area contributed by atoms with E-state index >= 15 is 0 Å². The predicted molar refractivity (Wildman–Crippen MR) is 74.0 cm³/mol. The molecule has 0 aliphatic rings. The number of carbonyl (C=O) groups excluding carboxylic acids is 1. The van der Waals surface area contributed by atoms with Crippen LogP contribution >= 0.6 is 33.9 Å². The molecule has 1 amide bonds. The molecule has 0 saturated heterocycles. The van der Waals surface area contributed by atoms with Crippen LogP contribution in [0.4, 0.5) is 5.69 Å². The minimum absolute atomic E-state index is 0.0934. The third-order valence-corrected chi connectivity index (χ3v) is 3.94. The summed E-state index contributed by atoms with van der Waals surface area (Å²) >= 11 is 3.55. The Morgan fingerprint density at radius 3 is 2.81 bits per heavy atom. The number of halogens is 1. The molecule has 0 aliphatic carbocycles. The Bertz CT molecular complexity index is 524. The van der Waals surface area contributed by atoms with E-state index in [0.29, 0.717) is 4.88 Å². The normalized spacial score (nSPS) is 10.1. The van der Waals surface area contributed by atoms with Gasteiger partial charge in [-0.3, -0.25) is 4.79 Å². The highest BCUT2D eigenvalue weighted by Gasteiger charge is 2.12. The first-order valence-electron chi connectivity index (χ1n) is 4.64. The lowest BCUT2D eigenvalue weighted by Gasteiger charge is -2.05. The molecular weight excluding hydrogens is 335 g/mol. The van der Waals surface area contributed by atoms with Gasteiger partial charge in [-0.15, -0.1) is 11.3 Å². The SMILES string of the molecule is Cc1ncsc1C(=O)Nc1ccccc1I. The van der Waals surface area contributed by atoms with E-state index in [1.807, 2.05) is 31.2 Å². The van der Waals surface area contributed by atoms with Gasteiger partial charge in [-0.1, -0.05) is 12.1 Å². The van der Waals surface area contributed by atoms with E-state index in [4.69, 9.17) is 0 Å². The summed E-state index contributed by atoms with van der Waals surface area (Å²) in [5.74, 6) is -0.0934. The molecule has 82 valence electrons. The fraction of sp³-hybridized carbons (Fsp3) is 0.0909. The minimum Gasteiger partial charge on any atom is -0.320 e. The third kappa shape index (κ3) is 2.41. The fourth-order valence-corrected chi connectivity index (χ4v) is 2.48. The summed E-state index contributed by atoms with van der Waals surface area (Å²) in [5, 5.41) is 2.88. The average Bonchev–Trinajstić information content (AvgIpc) is 2.68. The summed E-state index contributed by atoms with van der Waals surface area (Å²) in [6.07, 6.45) is 0. The first-order chi connectivity index (χ1) is 7.68. The van der Waals surface area contributed by atoms with E-state index in [-0.39, 0.29) is 5.91 Å². The molecule has 0 bridgehead atoms. The molecule has 0 atom stereocenters. The van der Waals surface area contributed by atoms with Crippen molar-refractivity contribution in [3.63, 3.8) is 0 Å². The third-order valence-electron chi connectivity index (χ3n) is 2.07. The molecule has 0 fully saturated rings.